The lowest BCUT2D eigenvalue weighted by Crippen LogP contribution is -2.36. The first-order valence-electron chi connectivity index (χ1n) is 4.35. The van der Waals surface area contributed by atoms with Crippen molar-refractivity contribution in [1.82, 2.24) is 0 Å². The van der Waals surface area contributed by atoms with Crippen molar-refractivity contribution in [3.8, 4) is 0 Å². The zero-order chi connectivity index (χ0) is 12.3. The average Bonchev–Trinajstić information content (AvgIpc) is 2.26. The van der Waals surface area contributed by atoms with Gasteiger partial charge in [0.1, 0.15) is 12.1 Å². The number of carboxylic acid groups (broad SMARTS) is 1. The molecule has 1 rings (SSSR count). The van der Waals surface area contributed by atoms with Crippen LogP contribution >= 0.6 is 12.4 Å². The van der Waals surface area contributed by atoms with E-state index in [-0.39, 0.29) is 23.7 Å². The summed E-state index contributed by atoms with van der Waals surface area (Å²) in [5.41, 5.74) is 4.73. The minimum absolute atomic E-state index is 0. The predicted molar refractivity (Wildman–Crippen MR) is 60.9 cm³/mol. The van der Waals surface area contributed by atoms with E-state index in [2.05, 4.69) is 0 Å². The number of halogens is 1. The smallest absolute Gasteiger partial charge is 0.323 e. The summed E-state index contributed by atoms with van der Waals surface area (Å²) in [5, 5.41) is 28.8. The van der Waals surface area contributed by atoms with Crippen LogP contribution in [0, 0.1) is 10.1 Å². The Kier molecular flexibility index (Phi) is 5.52. The zero-order valence-electron chi connectivity index (χ0n) is 8.52. The third-order valence-electron chi connectivity index (χ3n) is 2.08. The molecule has 0 aliphatic rings. The predicted octanol–water partition coefficient (Wildman–Crippen LogP) is 0.462. The molecule has 0 amide bonds. The summed E-state index contributed by atoms with van der Waals surface area (Å²) in [5.74, 6) is -1.43. The molecule has 7 nitrogen and oxygen atoms in total. The second kappa shape index (κ2) is 6.14. The van der Waals surface area contributed by atoms with Crippen LogP contribution in [0.15, 0.2) is 24.3 Å². The quantitative estimate of drug-likeness (QED) is 0.534. The minimum atomic E-state index is -1.61. The molecule has 0 spiro atoms. The second-order valence-corrected chi connectivity index (χ2v) is 3.12. The van der Waals surface area contributed by atoms with Crippen LogP contribution in [-0.2, 0) is 4.79 Å². The molecular formula is C9H11ClN2O5. The maximum absolute atomic E-state index is 10.6. The van der Waals surface area contributed by atoms with Crippen molar-refractivity contribution in [3.05, 3.63) is 39.9 Å². The number of rotatable bonds is 4. The first kappa shape index (κ1) is 15.3. The van der Waals surface area contributed by atoms with E-state index in [1.807, 2.05) is 0 Å². The van der Waals surface area contributed by atoms with Crippen molar-refractivity contribution >= 4 is 24.1 Å². The van der Waals surface area contributed by atoms with Gasteiger partial charge in [-0.3, -0.25) is 14.9 Å². The molecule has 94 valence electrons. The van der Waals surface area contributed by atoms with Gasteiger partial charge in [-0.1, -0.05) is 12.1 Å². The van der Waals surface area contributed by atoms with Crippen LogP contribution in [0.5, 0.6) is 0 Å². The van der Waals surface area contributed by atoms with Crippen molar-refractivity contribution in [2.75, 3.05) is 0 Å². The van der Waals surface area contributed by atoms with Gasteiger partial charge in [0, 0.05) is 6.07 Å². The van der Waals surface area contributed by atoms with Gasteiger partial charge < -0.3 is 15.9 Å². The third kappa shape index (κ3) is 3.38. The fourth-order valence-corrected chi connectivity index (χ4v) is 1.23. The molecule has 0 saturated carbocycles. The van der Waals surface area contributed by atoms with Gasteiger partial charge in [-0.2, -0.15) is 0 Å². The Morgan fingerprint density at radius 2 is 1.94 bits per heavy atom. The van der Waals surface area contributed by atoms with E-state index in [0.717, 1.165) is 0 Å². The average molecular weight is 263 g/mol. The molecule has 0 aliphatic carbocycles. The fourth-order valence-electron chi connectivity index (χ4n) is 1.23. The SMILES string of the molecule is Cl.NC(C(=O)O)C(O)c1ccccc1[N+](=O)[O-]. The minimum Gasteiger partial charge on any atom is -0.480 e. The Morgan fingerprint density at radius 1 is 1.41 bits per heavy atom. The lowest BCUT2D eigenvalue weighted by Gasteiger charge is -2.14. The van der Waals surface area contributed by atoms with Gasteiger partial charge in [-0.25, -0.2) is 0 Å². The Labute approximate surface area is 102 Å². The molecule has 0 radical (unpaired) electrons. The molecule has 0 bridgehead atoms. The summed E-state index contributed by atoms with van der Waals surface area (Å²) < 4.78 is 0. The number of aliphatic carboxylic acids is 1. The van der Waals surface area contributed by atoms with Gasteiger partial charge in [0.15, 0.2) is 0 Å². The number of nitrogens with zero attached hydrogens (tertiary/aromatic N) is 1. The summed E-state index contributed by atoms with van der Waals surface area (Å²) in [6.45, 7) is 0. The van der Waals surface area contributed by atoms with E-state index in [1.165, 1.54) is 24.3 Å². The Morgan fingerprint density at radius 3 is 2.41 bits per heavy atom. The van der Waals surface area contributed by atoms with E-state index >= 15 is 0 Å². The van der Waals surface area contributed by atoms with Gasteiger partial charge in [-0.15, -0.1) is 12.4 Å². The number of nitrogens with two attached hydrogens (primary N) is 1. The largest absolute Gasteiger partial charge is 0.480 e. The molecule has 0 aliphatic heterocycles. The molecule has 1 aromatic rings. The lowest BCUT2D eigenvalue weighted by atomic mass is 10.0. The number of carbonyl (C=O) groups is 1. The fraction of sp³-hybridized carbons (Fsp3) is 0.222. The number of para-hydroxylation sites is 1. The van der Waals surface area contributed by atoms with E-state index < -0.39 is 23.0 Å². The number of benzene rings is 1. The number of aliphatic hydroxyl groups is 1. The van der Waals surface area contributed by atoms with Crippen molar-refractivity contribution in [1.29, 1.82) is 0 Å². The van der Waals surface area contributed by atoms with Gasteiger partial charge in [0.2, 0.25) is 0 Å². The highest BCUT2D eigenvalue weighted by atomic mass is 35.5. The number of carboxylic acids is 1. The Balaban J connectivity index is 0.00000256. The van der Waals surface area contributed by atoms with Crippen LogP contribution < -0.4 is 5.73 Å². The molecule has 0 aromatic heterocycles. The highest BCUT2D eigenvalue weighted by Crippen LogP contribution is 2.26. The highest BCUT2D eigenvalue weighted by molar-refractivity contribution is 5.85. The van der Waals surface area contributed by atoms with Crippen molar-refractivity contribution < 1.29 is 19.9 Å². The summed E-state index contributed by atoms with van der Waals surface area (Å²) in [7, 11) is 0. The summed E-state index contributed by atoms with van der Waals surface area (Å²) >= 11 is 0. The first-order valence-corrected chi connectivity index (χ1v) is 4.35. The monoisotopic (exact) mass is 262 g/mol. The maximum Gasteiger partial charge on any atom is 0.323 e. The summed E-state index contributed by atoms with van der Waals surface area (Å²) in [6.07, 6.45) is -1.61. The number of nitro groups is 1. The van der Waals surface area contributed by atoms with Crippen molar-refractivity contribution in [3.63, 3.8) is 0 Å². The van der Waals surface area contributed by atoms with Gasteiger partial charge >= 0.3 is 5.97 Å². The third-order valence-corrected chi connectivity index (χ3v) is 2.08. The first-order chi connectivity index (χ1) is 7.45. The number of hydrogen-bond acceptors (Lipinski definition) is 5. The number of aliphatic hydroxyl groups excluding tert-OH is 1. The van der Waals surface area contributed by atoms with Crippen LogP contribution in [0.1, 0.15) is 11.7 Å². The molecular weight excluding hydrogens is 252 g/mol. The molecule has 0 fully saturated rings. The van der Waals surface area contributed by atoms with E-state index in [0.29, 0.717) is 0 Å². The lowest BCUT2D eigenvalue weighted by molar-refractivity contribution is -0.386. The van der Waals surface area contributed by atoms with Crippen molar-refractivity contribution in [2.24, 2.45) is 5.73 Å². The van der Waals surface area contributed by atoms with Crippen LogP contribution in [-0.4, -0.2) is 27.1 Å². The van der Waals surface area contributed by atoms with Gasteiger partial charge in [-0.05, 0) is 6.07 Å². The topological polar surface area (TPSA) is 127 Å². The number of nitro benzene ring substituents is 1. The van der Waals surface area contributed by atoms with E-state index in [1.54, 1.807) is 0 Å². The summed E-state index contributed by atoms with van der Waals surface area (Å²) in [4.78, 5) is 20.5. The standard InChI is InChI=1S/C9H10N2O5.ClH/c10-7(9(13)14)8(12)5-3-1-2-4-6(5)11(15)16;/h1-4,7-8,12H,10H2,(H,13,14);1H. The molecule has 8 heteroatoms. The molecule has 17 heavy (non-hydrogen) atoms. The number of hydrogen-bond donors (Lipinski definition) is 3. The molecule has 2 atom stereocenters. The highest BCUT2D eigenvalue weighted by Gasteiger charge is 2.28. The molecule has 1 aromatic carbocycles. The molecule has 2 unspecified atom stereocenters. The Bertz CT molecular complexity index is 426. The van der Waals surface area contributed by atoms with Crippen LogP contribution in [0.2, 0.25) is 0 Å². The molecule has 0 heterocycles. The zero-order valence-corrected chi connectivity index (χ0v) is 9.33. The van der Waals surface area contributed by atoms with Crippen LogP contribution in [0.25, 0.3) is 0 Å². The Hall–Kier alpha value is -1.70. The molecule has 0 saturated heterocycles. The normalized spacial score (nSPS) is 13.3. The maximum atomic E-state index is 10.6. The summed E-state index contributed by atoms with van der Waals surface area (Å²) in [6, 6.07) is 3.72. The van der Waals surface area contributed by atoms with Crippen molar-refractivity contribution in [2.45, 2.75) is 12.1 Å². The second-order valence-electron chi connectivity index (χ2n) is 3.12. The van der Waals surface area contributed by atoms with Crippen LogP contribution in [0.3, 0.4) is 0 Å². The molecule has 4 N–H and O–H groups in total. The van der Waals surface area contributed by atoms with E-state index in [4.69, 9.17) is 10.8 Å². The van der Waals surface area contributed by atoms with Crippen LogP contribution in [0.4, 0.5) is 5.69 Å². The van der Waals surface area contributed by atoms with E-state index in [9.17, 15) is 20.0 Å². The van der Waals surface area contributed by atoms with Gasteiger partial charge in [0.05, 0.1) is 10.5 Å². The van der Waals surface area contributed by atoms with Gasteiger partial charge in [0.25, 0.3) is 5.69 Å².